The topological polar surface area (TPSA) is 106 Å². The fraction of sp³-hybridized carbons (Fsp3) is 0.167. The van der Waals surface area contributed by atoms with Gasteiger partial charge in [0.1, 0.15) is 17.3 Å². The summed E-state index contributed by atoms with van der Waals surface area (Å²) >= 11 is 5.83. The van der Waals surface area contributed by atoms with Crippen LogP contribution in [0.5, 0.6) is 5.75 Å². The third-order valence-electron chi connectivity index (χ3n) is 4.26. The molecular formula is C18H16ClN5O4S. The van der Waals surface area contributed by atoms with E-state index in [1.807, 2.05) is 0 Å². The van der Waals surface area contributed by atoms with E-state index in [-0.39, 0.29) is 29.8 Å². The minimum Gasteiger partial charge on any atom is -0.492 e. The van der Waals surface area contributed by atoms with Crippen molar-refractivity contribution in [3.8, 4) is 11.4 Å². The molecule has 1 aromatic heterocycles. The number of hydrogen-bond donors (Lipinski definition) is 1. The number of anilines is 1. The van der Waals surface area contributed by atoms with Crippen molar-refractivity contribution in [3.63, 3.8) is 0 Å². The third kappa shape index (κ3) is 3.76. The molecule has 11 heteroatoms. The lowest BCUT2D eigenvalue weighted by Crippen LogP contribution is -2.31. The van der Waals surface area contributed by atoms with Gasteiger partial charge in [0.2, 0.25) is 11.8 Å². The van der Waals surface area contributed by atoms with Crippen molar-refractivity contribution in [2.75, 3.05) is 24.9 Å². The van der Waals surface area contributed by atoms with E-state index in [1.54, 1.807) is 49.5 Å². The van der Waals surface area contributed by atoms with E-state index < -0.39 is 15.9 Å². The molecule has 29 heavy (non-hydrogen) atoms. The van der Waals surface area contributed by atoms with Gasteiger partial charge in [0.15, 0.2) is 0 Å². The van der Waals surface area contributed by atoms with Gasteiger partial charge < -0.3 is 9.64 Å². The Balaban J connectivity index is 1.48. The smallest absolute Gasteiger partial charge is 0.293 e. The number of nitrogens with one attached hydrogen (secondary N) is 1. The van der Waals surface area contributed by atoms with Crippen molar-refractivity contribution in [2.24, 2.45) is 0 Å². The molecule has 1 N–H and O–H groups in total. The Bertz CT molecular complexity index is 1180. The van der Waals surface area contributed by atoms with Gasteiger partial charge >= 0.3 is 0 Å². The van der Waals surface area contributed by atoms with Gasteiger partial charge in [0.05, 0.1) is 12.2 Å². The van der Waals surface area contributed by atoms with E-state index in [0.29, 0.717) is 16.5 Å². The van der Waals surface area contributed by atoms with Crippen molar-refractivity contribution in [2.45, 2.75) is 4.90 Å². The summed E-state index contributed by atoms with van der Waals surface area (Å²) in [5, 5.41) is 4.79. The van der Waals surface area contributed by atoms with E-state index in [1.165, 1.54) is 15.6 Å². The largest absolute Gasteiger partial charge is 0.492 e. The van der Waals surface area contributed by atoms with Crippen molar-refractivity contribution in [3.05, 3.63) is 59.4 Å². The number of likely N-dealkylation sites (N-methyl/N-ethyl adjacent to an activating group) is 1. The number of ether oxygens (including phenoxy) is 1. The number of carbonyl (C=O) groups excluding carboxylic acids is 1. The molecule has 0 saturated carbocycles. The Morgan fingerprint density at radius 2 is 1.93 bits per heavy atom. The minimum absolute atomic E-state index is 0.0298. The molecule has 0 spiro atoms. The summed E-state index contributed by atoms with van der Waals surface area (Å²) in [6.07, 6.45) is 0. The second kappa shape index (κ2) is 7.37. The van der Waals surface area contributed by atoms with Gasteiger partial charge in [-0.1, -0.05) is 23.7 Å². The number of carbonyl (C=O) groups is 1. The predicted octanol–water partition coefficient (Wildman–Crippen LogP) is 2.19. The Kier molecular flexibility index (Phi) is 4.89. The SMILES string of the molecule is CN(CCOc1ccc(Cl)cc1)C(=O)c1nc2n(n1)-c1ccccc1S(=O)(=O)N2. The number of fused-ring (bicyclic) bond motifs is 3. The van der Waals surface area contributed by atoms with E-state index >= 15 is 0 Å². The van der Waals surface area contributed by atoms with Gasteiger partial charge in [-0.3, -0.25) is 4.79 Å². The lowest BCUT2D eigenvalue weighted by molar-refractivity contribution is 0.0762. The number of amides is 1. The molecule has 1 aliphatic rings. The molecule has 150 valence electrons. The summed E-state index contributed by atoms with van der Waals surface area (Å²) in [6, 6.07) is 13.3. The van der Waals surface area contributed by atoms with Crippen LogP contribution in [0.3, 0.4) is 0 Å². The molecule has 1 aliphatic heterocycles. The second-order valence-electron chi connectivity index (χ2n) is 6.27. The summed E-state index contributed by atoms with van der Waals surface area (Å²) < 4.78 is 33.9. The van der Waals surface area contributed by atoms with Crippen LogP contribution in [0.15, 0.2) is 53.4 Å². The lowest BCUT2D eigenvalue weighted by Gasteiger charge is -2.17. The second-order valence-corrected chi connectivity index (χ2v) is 8.36. The van der Waals surface area contributed by atoms with Crippen LogP contribution in [0.2, 0.25) is 5.02 Å². The summed E-state index contributed by atoms with van der Waals surface area (Å²) in [6.45, 7) is 0.542. The average molecular weight is 434 g/mol. The molecule has 0 radical (unpaired) electrons. The number of rotatable bonds is 5. The lowest BCUT2D eigenvalue weighted by atomic mass is 10.3. The molecule has 9 nitrogen and oxygen atoms in total. The number of aromatic nitrogens is 3. The van der Waals surface area contributed by atoms with Crippen LogP contribution in [0.25, 0.3) is 5.69 Å². The highest BCUT2D eigenvalue weighted by atomic mass is 35.5. The Hall–Kier alpha value is -3.11. The fourth-order valence-corrected chi connectivity index (χ4v) is 4.07. The zero-order chi connectivity index (χ0) is 20.6. The van der Waals surface area contributed by atoms with Crippen LogP contribution in [-0.2, 0) is 10.0 Å². The fourth-order valence-electron chi connectivity index (χ4n) is 2.77. The molecule has 0 saturated heterocycles. The Labute approximate surface area is 171 Å². The number of hydrogen-bond acceptors (Lipinski definition) is 6. The Morgan fingerprint density at radius 3 is 2.69 bits per heavy atom. The van der Waals surface area contributed by atoms with Crippen molar-refractivity contribution in [1.82, 2.24) is 19.7 Å². The summed E-state index contributed by atoms with van der Waals surface area (Å²) in [7, 11) is -2.17. The first-order valence-corrected chi connectivity index (χ1v) is 10.4. The highest BCUT2D eigenvalue weighted by Gasteiger charge is 2.31. The molecule has 4 rings (SSSR count). The molecular weight excluding hydrogens is 418 g/mol. The summed E-state index contributed by atoms with van der Waals surface area (Å²) in [5.41, 5.74) is 0.335. The van der Waals surface area contributed by atoms with Crippen molar-refractivity contribution in [1.29, 1.82) is 0 Å². The molecule has 0 atom stereocenters. The zero-order valence-electron chi connectivity index (χ0n) is 15.2. The maximum absolute atomic E-state index is 12.7. The molecule has 3 aromatic rings. The number of benzene rings is 2. The highest BCUT2D eigenvalue weighted by molar-refractivity contribution is 7.92. The molecule has 0 bridgehead atoms. The molecule has 2 heterocycles. The van der Waals surface area contributed by atoms with E-state index in [4.69, 9.17) is 16.3 Å². The maximum atomic E-state index is 12.7. The average Bonchev–Trinajstić information content (AvgIpc) is 3.12. The molecule has 0 fully saturated rings. The molecule has 2 aromatic carbocycles. The van der Waals surface area contributed by atoms with Gasteiger partial charge in [-0.15, -0.1) is 5.10 Å². The van der Waals surface area contributed by atoms with Crippen LogP contribution in [-0.4, -0.2) is 54.2 Å². The number of sulfonamides is 1. The van der Waals surface area contributed by atoms with Gasteiger partial charge in [0.25, 0.3) is 15.9 Å². The van der Waals surface area contributed by atoms with Crippen LogP contribution in [0.1, 0.15) is 10.6 Å². The first-order chi connectivity index (χ1) is 13.8. The molecule has 1 amide bonds. The monoisotopic (exact) mass is 433 g/mol. The van der Waals surface area contributed by atoms with Gasteiger partial charge in [-0.05, 0) is 36.4 Å². The zero-order valence-corrected chi connectivity index (χ0v) is 16.8. The summed E-state index contributed by atoms with van der Waals surface area (Å²) in [5.74, 6) is 0.0337. The number of nitrogens with zero attached hydrogens (tertiary/aromatic N) is 4. The Morgan fingerprint density at radius 1 is 1.21 bits per heavy atom. The minimum atomic E-state index is -3.76. The molecule has 0 unspecified atom stereocenters. The van der Waals surface area contributed by atoms with E-state index in [9.17, 15) is 13.2 Å². The normalized spacial score (nSPS) is 13.7. The van der Waals surface area contributed by atoms with Gasteiger partial charge in [0, 0.05) is 12.1 Å². The van der Waals surface area contributed by atoms with Gasteiger partial charge in [-0.25, -0.2) is 13.1 Å². The molecule has 0 aliphatic carbocycles. The van der Waals surface area contributed by atoms with Crippen LogP contribution in [0.4, 0.5) is 5.95 Å². The third-order valence-corrected chi connectivity index (χ3v) is 5.89. The van der Waals surface area contributed by atoms with Crippen LogP contribution < -0.4 is 9.46 Å². The van der Waals surface area contributed by atoms with Crippen molar-refractivity contribution >= 4 is 33.5 Å². The van der Waals surface area contributed by atoms with E-state index in [0.717, 1.165) is 0 Å². The first-order valence-electron chi connectivity index (χ1n) is 8.58. The quantitative estimate of drug-likeness (QED) is 0.661. The maximum Gasteiger partial charge on any atom is 0.293 e. The number of halogens is 1. The van der Waals surface area contributed by atoms with Crippen molar-refractivity contribution < 1.29 is 17.9 Å². The van der Waals surface area contributed by atoms with Gasteiger partial charge in [-0.2, -0.15) is 9.67 Å². The predicted molar refractivity (Wildman–Crippen MR) is 106 cm³/mol. The van der Waals surface area contributed by atoms with Crippen LogP contribution in [0, 0.1) is 0 Å². The number of para-hydroxylation sites is 1. The highest BCUT2D eigenvalue weighted by Crippen LogP contribution is 2.29. The first kappa shape index (κ1) is 19.2. The standard InChI is InChI=1S/C18H16ClN5O4S/c1-23(10-11-28-13-8-6-12(19)7-9-13)17(25)16-20-18-22-29(26,27)15-5-3-2-4-14(15)24(18)21-16/h2-9H,10-11H2,1H3,(H,20,21,22). The van der Waals surface area contributed by atoms with Crippen LogP contribution >= 0.6 is 11.6 Å². The van der Waals surface area contributed by atoms with E-state index in [2.05, 4.69) is 14.8 Å². The summed E-state index contributed by atoms with van der Waals surface area (Å²) in [4.78, 5) is 18.2.